The SMILES string of the molecule is C[C@@H]1C/C=C\[C@H](O)[C@@H]2CC[C@H]2CN2C[C@@]3(CCCC4=CC(Cl)=CCC43)COc3ccc(cc32)C(=O)NS(=O)(=O)[C@@H]1CC1CC1. The molecule has 0 saturated heterocycles. The summed E-state index contributed by atoms with van der Waals surface area (Å²) < 4.78 is 36.5. The predicted octanol–water partition coefficient (Wildman–Crippen LogP) is 6.34. The normalized spacial score (nSPS) is 37.6. The lowest BCUT2D eigenvalue weighted by molar-refractivity contribution is 0.0414. The molecule has 0 radical (unpaired) electrons. The fourth-order valence-corrected chi connectivity index (χ4v) is 10.6. The average Bonchev–Trinajstić information content (AvgIpc) is 3.81. The number of nitrogens with one attached hydrogen (secondary N) is 1. The maximum Gasteiger partial charge on any atom is 0.264 e. The second-order valence-corrected chi connectivity index (χ2v) is 16.8. The summed E-state index contributed by atoms with van der Waals surface area (Å²) in [5.74, 6) is 1.13. The van der Waals surface area contributed by atoms with Crippen molar-refractivity contribution in [2.75, 3.05) is 24.6 Å². The van der Waals surface area contributed by atoms with Crippen LogP contribution in [0.3, 0.4) is 0 Å². The van der Waals surface area contributed by atoms with Crippen molar-refractivity contribution >= 4 is 33.2 Å². The lowest BCUT2D eigenvalue weighted by Gasteiger charge is -2.49. The van der Waals surface area contributed by atoms with Gasteiger partial charge >= 0.3 is 0 Å². The molecule has 44 heavy (non-hydrogen) atoms. The van der Waals surface area contributed by atoms with E-state index in [9.17, 15) is 18.3 Å². The molecule has 0 aromatic heterocycles. The van der Waals surface area contributed by atoms with Gasteiger partial charge in [0.25, 0.3) is 5.91 Å². The highest BCUT2D eigenvalue weighted by atomic mass is 35.5. The first-order valence-electron chi connectivity index (χ1n) is 16.6. The number of hydrogen-bond donors (Lipinski definition) is 2. The molecule has 7 atom stereocenters. The van der Waals surface area contributed by atoms with E-state index in [4.69, 9.17) is 16.3 Å². The lowest BCUT2D eigenvalue weighted by Crippen LogP contribution is -2.50. The van der Waals surface area contributed by atoms with Gasteiger partial charge in [0.2, 0.25) is 10.0 Å². The van der Waals surface area contributed by atoms with Crippen molar-refractivity contribution in [3.8, 4) is 5.75 Å². The van der Waals surface area contributed by atoms with Gasteiger partial charge in [-0.1, -0.05) is 55.2 Å². The van der Waals surface area contributed by atoms with E-state index in [1.54, 1.807) is 6.07 Å². The fourth-order valence-electron chi connectivity index (χ4n) is 8.60. The summed E-state index contributed by atoms with van der Waals surface area (Å²) in [4.78, 5) is 16.0. The van der Waals surface area contributed by atoms with Gasteiger partial charge in [-0.15, -0.1) is 0 Å². The molecule has 4 aliphatic carbocycles. The monoisotopic (exact) mass is 640 g/mol. The number of nitrogens with zero attached hydrogens (tertiary/aromatic N) is 1. The van der Waals surface area contributed by atoms with E-state index in [0.717, 1.165) is 80.9 Å². The first-order chi connectivity index (χ1) is 21.1. The molecule has 3 fully saturated rings. The maximum atomic E-state index is 13.7. The van der Waals surface area contributed by atoms with Gasteiger partial charge in [0, 0.05) is 29.1 Å². The molecule has 9 heteroatoms. The van der Waals surface area contributed by atoms with Crippen molar-refractivity contribution < 1.29 is 23.1 Å². The lowest BCUT2D eigenvalue weighted by atomic mass is 9.61. The second-order valence-electron chi connectivity index (χ2n) is 14.5. The topological polar surface area (TPSA) is 95.9 Å². The van der Waals surface area contributed by atoms with Crippen molar-refractivity contribution in [2.45, 2.75) is 82.5 Å². The molecular formula is C35H45ClN2O5S. The van der Waals surface area contributed by atoms with Crippen molar-refractivity contribution in [1.82, 2.24) is 4.72 Å². The summed E-state index contributed by atoms with van der Waals surface area (Å²) in [6, 6.07) is 5.35. The third-order valence-corrected chi connectivity index (χ3v) is 13.7. The van der Waals surface area contributed by atoms with Crippen LogP contribution in [-0.2, 0) is 10.0 Å². The number of carbonyl (C=O) groups is 1. The molecule has 1 unspecified atom stereocenters. The van der Waals surface area contributed by atoms with Gasteiger partial charge in [-0.2, -0.15) is 0 Å². The first kappa shape index (κ1) is 30.4. The zero-order valence-electron chi connectivity index (χ0n) is 25.6. The number of benzene rings is 1. The largest absolute Gasteiger partial charge is 0.491 e. The first-order valence-corrected chi connectivity index (χ1v) is 18.5. The molecule has 6 aliphatic rings. The Bertz CT molecular complexity index is 1500. The Hall–Kier alpha value is -2.29. The summed E-state index contributed by atoms with van der Waals surface area (Å²) in [7, 11) is -3.92. The zero-order valence-corrected chi connectivity index (χ0v) is 27.2. The number of ether oxygens (including phenoxy) is 1. The van der Waals surface area contributed by atoms with Crippen LogP contribution in [0.5, 0.6) is 5.75 Å². The number of fused-ring (bicyclic) bond motifs is 4. The molecule has 1 amide bonds. The number of hydrogen-bond acceptors (Lipinski definition) is 6. The zero-order chi connectivity index (χ0) is 30.6. The fraction of sp³-hybridized carbons (Fsp3) is 0.629. The summed E-state index contributed by atoms with van der Waals surface area (Å²) in [6.45, 7) is 4.04. The van der Waals surface area contributed by atoms with Gasteiger partial charge in [-0.05, 0) is 105 Å². The predicted molar refractivity (Wildman–Crippen MR) is 173 cm³/mol. The minimum absolute atomic E-state index is 0.117. The summed E-state index contributed by atoms with van der Waals surface area (Å²) >= 11 is 6.45. The number of allylic oxidation sites excluding steroid dienone is 5. The van der Waals surface area contributed by atoms with Crippen LogP contribution in [0, 0.1) is 35.0 Å². The highest BCUT2D eigenvalue weighted by Gasteiger charge is 2.48. The third-order valence-electron chi connectivity index (χ3n) is 11.5. The molecular weight excluding hydrogens is 596 g/mol. The quantitative estimate of drug-likeness (QED) is 0.367. The van der Waals surface area contributed by atoms with E-state index in [-0.39, 0.29) is 17.3 Å². The number of aliphatic hydroxyl groups excluding tert-OH is 1. The Balaban J connectivity index is 1.26. The molecule has 7 rings (SSSR count). The van der Waals surface area contributed by atoms with Crippen molar-refractivity contribution in [3.05, 3.63) is 58.7 Å². The van der Waals surface area contributed by atoms with Gasteiger partial charge in [-0.25, -0.2) is 13.1 Å². The van der Waals surface area contributed by atoms with Gasteiger partial charge in [-0.3, -0.25) is 4.79 Å². The molecule has 7 nitrogen and oxygen atoms in total. The minimum Gasteiger partial charge on any atom is -0.491 e. The van der Waals surface area contributed by atoms with E-state index < -0.39 is 27.3 Å². The molecule has 2 bridgehead atoms. The van der Waals surface area contributed by atoms with Crippen LogP contribution in [0.1, 0.15) is 81.5 Å². The van der Waals surface area contributed by atoms with Crippen LogP contribution in [0.4, 0.5) is 5.69 Å². The van der Waals surface area contributed by atoms with Crippen molar-refractivity contribution in [2.24, 2.45) is 35.0 Å². The number of amides is 1. The second kappa shape index (κ2) is 11.8. The van der Waals surface area contributed by atoms with Crippen LogP contribution in [0.25, 0.3) is 0 Å². The molecule has 2 N–H and O–H groups in total. The van der Waals surface area contributed by atoms with E-state index in [1.165, 1.54) is 5.57 Å². The van der Waals surface area contributed by atoms with Crippen LogP contribution in [-0.4, -0.2) is 50.5 Å². The van der Waals surface area contributed by atoms with E-state index in [1.807, 2.05) is 31.2 Å². The Labute approximate surface area is 266 Å². The number of anilines is 1. The van der Waals surface area contributed by atoms with Crippen LogP contribution >= 0.6 is 11.6 Å². The highest BCUT2D eigenvalue weighted by Crippen LogP contribution is 2.52. The Morgan fingerprint density at radius 2 is 2.02 bits per heavy atom. The van der Waals surface area contributed by atoms with Crippen molar-refractivity contribution in [1.29, 1.82) is 0 Å². The van der Waals surface area contributed by atoms with Crippen molar-refractivity contribution in [3.63, 3.8) is 0 Å². The third kappa shape index (κ3) is 5.87. The van der Waals surface area contributed by atoms with Gasteiger partial charge in [0.15, 0.2) is 0 Å². The Kier molecular flexibility index (Phi) is 8.15. The molecule has 238 valence electrons. The smallest absolute Gasteiger partial charge is 0.264 e. The van der Waals surface area contributed by atoms with Crippen LogP contribution < -0.4 is 14.4 Å². The Morgan fingerprint density at radius 1 is 1.18 bits per heavy atom. The van der Waals surface area contributed by atoms with Gasteiger partial charge in [0.1, 0.15) is 5.75 Å². The standard InChI is InChI=1S/C35H45ClN2O5S/c1-22-4-2-6-31(39)28-12-9-26(28)19-38-20-35(15-3-5-24-17-27(36)11-13-29(24)35)21-43-32-14-10-25(18-30(32)38)34(40)37-44(41,42)33(22)16-23-7-8-23/h2,6,10-11,14,17-18,22-23,26,28-29,31,33,39H,3-5,7-9,12-13,15-16,19-21H2,1H3,(H,37,40)/b6-2-/t22-,26+,28-,29?,31+,33-,35+/m1/s1. The highest BCUT2D eigenvalue weighted by molar-refractivity contribution is 7.90. The Morgan fingerprint density at radius 3 is 2.80 bits per heavy atom. The molecule has 2 heterocycles. The molecule has 1 aromatic carbocycles. The molecule has 2 aliphatic heterocycles. The number of aliphatic hydroxyl groups is 1. The van der Waals surface area contributed by atoms with Gasteiger partial charge < -0.3 is 14.7 Å². The molecule has 1 spiro atoms. The molecule has 1 aromatic rings. The van der Waals surface area contributed by atoms with Crippen LogP contribution in [0.2, 0.25) is 0 Å². The number of sulfonamides is 1. The van der Waals surface area contributed by atoms with E-state index in [2.05, 4.69) is 21.8 Å². The summed E-state index contributed by atoms with van der Waals surface area (Å²) in [5.41, 5.74) is 2.44. The number of halogens is 1. The van der Waals surface area contributed by atoms with E-state index in [0.29, 0.717) is 42.8 Å². The van der Waals surface area contributed by atoms with Crippen LogP contribution in [0.15, 0.2) is 53.1 Å². The summed E-state index contributed by atoms with van der Waals surface area (Å²) in [5, 5.41) is 11.4. The van der Waals surface area contributed by atoms with E-state index >= 15 is 0 Å². The average molecular weight is 641 g/mol. The minimum atomic E-state index is -3.92. The molecule has 3 saturated carbocycles. The summed E-state index contributed by atoms with van der Waals surface area (Å²) in [6.07, 6.45) is 16.8. The van der Waals surface area contributed by atoms with Gasteiger partial charge in [0.05, 0.1) is 23.6 Å². The number of rotatable bonds is 2. The number of carbonyl (C=O) groups excluding carboxylic acids is 1. The maximum absolute atomic E-state index is 13.7.